The van der Waals surface area contributed by atoms with Crippen molar-refractivity contribution in [2.45, 2.75) is 24.2 Å². The molecular weight excluding hydrogens is 238 g/mol. The number of benzene rings is 1. The molecule has 0 saturated carbocycles. The predicted octanol–water partition coefficient (Wildman–Crippen LogP) is 2.14. The summed E-state index contributed by atoms with van der Waals surface area (Å²) in [4.78, 5) is 22.6. The number of carboxylic acid groups (broad SMARTS) is 1. The van der Waals surface area contributed by atoms with Crippen LogP contribution in [-0.2, 0) is 16.0 Å². The normalized spacial score (nSPS) is 14.0. The minimum Gasteiger partial charge on any atom is -0.481 e. The summed E-state index contributed by atoms with van der Waals surface area (Å²) < 4.78 is 0. The van der Waals surface area contributed by atoms with Crippen molar-refractivity contribution in [3.63, 3.8) is 0 Å². The lowest BCUT2D eigenvalue weighted by Crippen LogP contribution is -2.18. The molecule has 1 aliphatic rings. The van der Waals surface area contributed by atoms with Gasteiger partial charge in [-0.05, 0) is 30.5 Å². The zero-order chi connectivity index (χ0) is 12.3. The van der Waals surface area contributed by atoms with Crippen LogP contribution in [0.5, 0.6) is 0 Å². The zero-order valence-corrected chi connectivity index (χ0v) is 10.0. The van der Waals surface area contributed by atoms with Gasteiger partial charge in [-0.1, -0.05) is 6.07 Å². The number of aryl methyl sites for hydroxylation is 1. The minimum absolute atomic E-state index is 0.0288. The van der Waals surface area contributed by atoms with Crippen molar-refractivity contribution in [2.24, 2.45) is 0 Å². The van der Waals surface area contributed by atoms with Crippen molar-refractivity contribution in [1.82, 2.24) is 0 Å². The summed E-state index contributed by atoms with van der Waals surface area (Å²) in [5, 5.41) is 11.4. The van der Waals surface area contributed by atoms with Crippen molar-refractivity contribution in [3.8, 4) is 0 Å². The number of nitrogens with one attached hydrogen (secondary N) is 1. The molecule has 0 unspecified atom stereocenters. The third-order valence-electron chi connectivity index (χ3n) is 2.53. The Morgan fingerprint density at radius 1 is 1.47 bits per heavy atom. The van der Waals surface area contributed by atoms with Gasteiger partial charge in [0, 0.05) is 11.3 Å². The molecule has 0 radical (unpaired) electrons. The van der Waals surface area contributed by atoms with E-state index in [0.29, 0.717) is 12.2 Å². The molecule has 0 aliphatic carbocycles. The first-order chi connectivity index (χ1) is 8.15. The summed E-state index contributed by atoms with van der Waals surface area (Å²) in [6.45, 7) is 0. The second kappa shape index (κ2) is 5.23. The number of fused-ring (bicyclic) bond motifs is 1. The highest BCUT2D eigenvalue weighted by Gasteiger charge is 2.15. The smallest absolute Gasteiger partial charge is 0.303 e. The van der Waals surface area contributed by atoms with E-state index in [1.165, 1.54) is 11.8 Å². The van der Waals surface area contributed by atoms with E-state index >= 15 is 0 Å². The van der Waals surface area contributed by atoms with E-state index in [0.717, 1.165) is 22.6 Å². The summed E-state index contributed by atoms with van der Waals surface area (Å²) in [6.07, 6.45) is 1.60. The van der Waals surface area contributed by atoms with Crippen LogP contribution < -0.4 is 5.32 Å². The second-order valence-electron chi connectivity index (χ2n) is 3.91. The van der Waals surface area contributed by atoms with E-state index in [4.69, 9.17) is 5.11 Å². The van der Waals surface area contributed by atoms with Gasteiger partial charge in [0.1, 0.15) is 0 Å². The number of rotatable bonds is 4. The van der Waals surface area contributed by atoms with Crippen molar-refractivity contribution in [3.05, 3.63) is 23.8 Å². The van der Waals surface area contributed by atoms with Crippen LogP contribution >= 0.6 is 11.8 Å². The molecule has 0 saturated heterocycles. The average molecular weight is 251 g/mol. The molecule has 0 fully saturated rings. The molecule has 17 heavy (non-hydrogen) atoms. The van der Waals surface area contributed by atoms with Crippen LogP contribution in [0.15, 0.2) is 23.1 Å². The van der Waals surface area contributed by atoms with Crippen LogP contribution in [0.25, 0.3) is 0 Å². The Morgan fingerprint density at radius 3 is 3.06 bits per heavy atom. The third-order valence-corrected chi connectivity index (χ3v) is 3.59. The Labute approximate surface area is 103 Å². The van der Waals surface area contributed by atoms with Gasteiger partial charge in [-0.3, -0.25) is 9.59 Å². The van der Waals surface area contributed by atoms with Crippen molar-refractivity contribution in [2.75, 3.05) is 11.1 Å². The quantitative estimate of drug-likeness (QED) is 0.860. The van der Waals surface area contributed by atoms with E-state index in [1.54, 1.807) is 0 Å². The highest BCUT2D eigenvalue weighted by atomic mass is 32.2. The maximum atomic E-state index is 11.2. The zero-order valence-electron chi connectivity index (χ0n) is 9.23. The van der Waals surface area contributed by atoms with Crippen LogP contribution in [0.2, 0.25) is 0 Å². The van der Waals surface area contributed by atoms with Gasteiger partial charge < -0.3 is 10.4 Å². The molecule has 1 aromatic rings. The lowest BCUT2D eigenvalue weighted by atomic mass is 10.1. The lowest BCUT2D eigenvalue weighted by Gasteiger charge is -2.16. The molecule has 1 aliphatic heterocycles. The van der Waals surface area contributed by atoms with Gasteiger partial charge in [0.15, 0.2) is 0 Å². The highest BCUT2D eigenvalue weighted by Crippen LogP contribution is 2.32. The molecule has 0 bridgehead atoms. The van der Waals surface area contributed by atoms with Crippen LogP contribution in [0.1, 0.15) is 18.4 Å². The Morgan fingerprint density at radius 2 is 2.29 bits per heavy atom. The molecule has 2 rings (SSSR count). The number of amides is 1. The fraction of sp³-hybridized carbons (Fsp3) is 0.333. The van der Waals surface area contributed by atoms with Crippen LogP contribution in [0, 0.1) is 0 Å². The average Bonchev–Trinajstić information content (AvgIpc) is 2.29. The molecule has 4 nitrogen and oxygen atoms in total. The third kappa shape index (κ3) is 3.23. The summed E-state index contributed by atoms with van der Waals surface area (Å²) >= 11 is 1.52. The molecule has 1 heterocycles. The molecule has 1 amide bonds. The molecule has 2 N–H and O–H groups in total. The predicted molar refractivity (Wildman–Crippen MR) is 66.4 cm³/mol. The van der Waals surface area contributed by atoms with E-state index in [2.05, 4.69) is 5.32 Å². The van der Waals surface area contributed by atoms with Crippen molar-refractivity contribution < 1.29 is 14.7 Å². The topological polar surface area (TPSA) is 66.4 Å². The molecule has 0 atom stereocenters. The van der Waals surface area contributed by atoms with Gasteiger partial charge in [-0.15, -0.1) is 11.8 Å². The van der Waals surface area contributed by atoms with E-state index in [9.17, 15) is 9.59 Å². The minimum atomic E-state index is -0.760. The number of carboxylic acids is 1. The Balaban J connectivity index is 2.01. The molecule has 0 spiro atoms. The van der Waals surface area contributed by atoms with Gasteiger partial charge >= 0.3 is 5.97 Å². The van der Waals surface area contributed by atoms with Gasteiger partial charge in [-0.25, -0.2) is 0 Å². The monoisotopic (exact) mass is 251 g/mol. The summed E-state index contributed by atoms with van der Waals surface area (Å²) in [5.41, 5.74) is 1.97. The van der Waals surface area contributed by atoms with Crippen LogP contribution in [-0.4, -0.2) is 22.7 Å². The van der Waals surface area contributed by atoms with Gasteiger partial charge in [0.05, 0.1) is 11.4 Å². The van der Waals surface area contributed by atoms with Gasteiger partial charge in [0.2, 0.25) is 5.91 Å². The van der Waals surface area contributed by atoms with Gasteiger partial charge in [-0.2, -0.15) is 0 Å². The van der Waals surface area contributed by atoms with E-state index < -0.39 is 5.97 Å². The Bertz CT molecular complexity index is 459. The molecule has 5 heteroatoms. The summed E-state index contributed by atoms with van der Waals surface area (Å²) in [7, 11) is 0. The van der Waals surface area contributed by atoms with Crippen LogP contribution in [0.4, 0.5) is 5.69 Å². The first-order valence-corrected chi connectivity index (χ1v) is 6.41. The number of hydrogen-bond donors (Lipinski definition) is 2. The molecule has 90 valence electrons. The summed E-state index contributed by atoms with van der Waals surface area (Å²) in [5.74, 6) is -0.281. The fourth-order valence-corrected chi connectivity index (χ4v) is 2.59. The number of carbonyl (C=O) groups is 2. The van der Waals surface area contributed by atoms with Crippen molar-refractivity contribution in [1.29, 1.82) is 0 Å². The highest BCUT2D eigenvalue weighted by molar-refractivity contribution is 8.00. The fourth-order valence-electron chi connectivity index (χ4n) is 1.72. The lowest BCUT2D eigenvalue weighted by molar-refractivity contribution is -0.137. The maximum Gasteiger partial charge on any atom is 0.303 e. The first-order valence-electron chi connectivity index (χ1n) is 5.42. The van der Waals surface area contributed by atoms with Crippen LogP contribution in [0.3, 0.4) is 0 Å². The summed E-state index contributed by atoms with van der Waals surface area (Å²) in [6, 6.07) is 5.85. The van der Waals surface area contributed by atoms with Crippen molar-refractivity contribution >= 4 is 29.3 Å². The number of carbonyl (C=O) groups excluding carboxylic acids is 1. The molecule has 0 aromatic heterocycles. The first kappa shape index (κ1) is 12.0. The standard InChI is InChI=1S/C12H13NO3S/c14-11-7-17-10-6-8(2-1-3-12(15)16)4-5-9(10)13-11/h4-6H,1-3,7H2,(H,13,14)(H,15,16). The molecular formula is C12H13NO3S. The van der Waals surface area contributed by atoms with E-state index in [1.807, 2.05) is 18.2 Å². The molecule has 1 aromatic carbocycles. The Hall–Kier alpha value is -1.49. The largest absolute Gasteiger partial charge is 0.481 e. The SMILES string of the molecule is O=C(O)CCCc1ccc2c(c1)SCC(=O)N2. The second-order valence-corrected chi connectivity index (χ2v) is 4.93. The van der Waals surface area contributed by atoms with E-state index in [-0.39, 0.29) is 12.3 Å². The number of aliphatic carboxylic acids is 1. The number of hydrogen-bond acceptors (Lipinski definition) is 3. The number of thioether (sulfide) groups is 1. The van der Waals surface area contributed by atoms with Gasteiger partial charge in [0.25, 0.3) is 0 Å². The maximum absolute atomic E-state index is 11.2. The Kier molecular flexibility index (Phi) is 3.68. The number of anilines is 1.